The predicted molar refractivity (Wildman–Crippen MR) is 112 cm³/mol. The Bertz CT molecular complexity index is 855. The number of ether oxygens (including phenoxy) is 3. The molecule has 0 aromatic heterocycles. The van der Waals surface area contributed by atoms with E-state index in [1.54, 1.807) is 7.11 Å². The third-order valence-electron chi connectivity index (χ3n) is 5.36. The van der Waals surface area contributed by atoms with Gasteiger partial charge in [0.05, 0.1) is 26.4 Å². The minimum atomic E-state index is -0.766. The van der Waals surface area contributed by atoms with E-state index in [0.717, 1.165) is 33.1 Å². The van der Waals surface area contributed by atoms with Crippen LogP contribution in [0.25, 0.3) is 0 Å². The number of aliphatic hydroxyl groups excluding tert-OH is 1. The van der Waals surface area contributed by atoms with E-state index in [4.69, 9.17) is 25.8 Å². The molecule has 2 aliphatic rings. The quantitative estimate of drug-likeness (QED) is 0.732. The zero-order valence-electron chi connectivity index (χ0n) is 17.0. The molecule has 0 bridgehead atoms. The number of hydrogen-bond acceptors (Lipinski definition) is 5. The molecule has 3 rings (SSSR count). The SMILES string of the molecule is COC(=O)C1CC(O)C[C@H](C2=CC(Cc3ccc(OC)cc3C)=C(Cl)CC=C2)O1. The summed E-state index contributed by atoms with van der Waals surface area (Å²) in [6.07, 6.45) is 6.16. The zero-order valence-corrected chi connectivity index (χ0v) is 17.7. The van der Waals surface area contributed by atoms with Crippen LogP contribution >= 0.6 is 11.6 Å². The predicted octanol–water partition coefficient (Wildman–Crippen LogP) is 4.01. The van der Waals surface area contributed by atoms with Crippen LogP contribution in [-0.2, 0) is 20.7 Å². The highest BCUT2D eigenvalue weighted by Gasteiger charge is 2.35. The van der Waals surface area contributed by atoms with E-state index in [1.165, 1.54) is 7.11 Å². The minimum absolute atomic E-state index is 0.245. The number of halogens is 1. The number of carbonyl (C=O) groups is 1. The maximum Gasteiger partial charge on any atom is 0.335 e. The molecule has 0 amide bonds. The summed E-state index contributed by atoms with van der Waals surface area (Å²) in [6.45, 7) is 2.05. The van der Waals surface area contributed by atoms with Gasteiger partial charge in [0.1, 0.15) is 5.75 Å². The number of aliphatic hydroxyl groups is 1. The highest BCUT2D eigenvalue weighted by Crippen LogP contribution is 2.32. The fourth-order valence-corrected chi connectivity index (χ4v) is 3.91. The molecule has 1 aromatic rings. The van der Waals surface area contributed by atoms with Gasteiger partial charge in [0.2, 0.25) is 0 Å². The van der Waals surface area contributed by atoms with Gasteiger partial charge >= 0.3 is 5.97 Å². The fraction of sp³-hybridized carbons (Fsp3) is 0.435. The van der Waals surface area contributed by atoms with Gasteiger partial charge in [0, 0.05) is 24.3 Å². The Morgan fingerprint density at radius 1 is 1.31 bits per heavy atom. The lowest BCUT2D eigenvalue weighted by Gasteiger charge is -2.32. The zero-order chi connectivity index (χ0) is 21.0. The average Bonchev–Trinajstić information content (AvgIpc) is 2.90. The van der Waals surface area contributed by atoms with Gasteiger partial charge in [-0.25, -0.2) is 4.79 Å². The molecule has 1 saturated heterocycles. The summed E-state index contributed by atoms with van der Waals surface area (Å²) >= 11 is 6.58. The van der Waals surface area contributed by atoms with Gasteiger partial charge in [0.25, 0.3) is 0 Å². The molecular formula is C23H27ClO5. The Kier molecular flexibility index (Phi) is 7.17. The van der Waals surface area contributed by atoms with E-state index in [-0.39, 0.29) is 6.42 Å². The lowest BCUT2D eigenvalue weighted by atomic mass is 9.93. The first-order valence-corrected chi connectivity index (χ1v) is 10.1. The van der Waals surface area contributed by atoms with Gasteiger partial charge in [-0.05, 0) is 47.8 Å². The fourth-order valence-electron chi connectivity index (χ4n) is 3.70. The summed E-state index contributed by atoms with van der Waals surface area (Å²) in [4.78, 5) is 11.9. The van der Waals surface area contributed by atoms with Crippen LogP contribution in [0, 0.1) is 6.92 Å². The smallest absolute Gasteiger partial charge is 0.335 e. The molecule has 1 aliphatic carbocycles. The minimum Gasteiger partial charge on any atom is -0.497 e. The third kappa shape index (κ3) is 5.30. The van der Waals surface area contributed by atoms with Crippen molar-refractivity contribution < 1.29 is 24.1 Å². The van der Waals surface area contributed by atoms with Crippen molar-refractivity contribution in [2.24, 2.45) is 0 Å². The van der Waals surface area contributed by atoms with Gasteiger partial charge in [-0.3, -0.25) is 0 Å². The Hall–Kier alpha value is -2.08. The van der Waals surface area contributed by atoms with Crippen LogP contribution in [0.3, 0.4) is 0 Å². The van der Waals surface area contributed by atoms with Crippen LogP contribution in [0.2, 0.25) is 0 Å². The van der Waals surface area contributed by atoms with Gasteiger partial charge in [-0.15, -0.1) is 0 Å². The molecule has 6 heteroatoms. The number of allylic oxidation sites excluding steroid dienone is 4. The second-order valence-corrected chi connectivity index (χ2v) is 7.87. The van der Waals surface area contributed by atoms with Gasteiger partial charge in [-0.1, -0.05) is 35.9 Å². The van der Waals surface area contributed by atoms with Crippen molar-refractivity contribution in [2.75, 3.05) is 14.2 Å². The van der Waals surface area contributed by atoms with Crippen LogP contribution in [0.5, 0.6) is 5.75 Å². The lowest BCUT2D eigenvalue weighted by Crippen LogP contribution is -2.41. The standard InChI is InChI=1S/C23H27ClO5/c1-14-9-19(27-2)8-7-15(14)10-17-11-16(5-4-6-20(17)24)21-12-18(25)13-22(29-21)23(26)28-3/h4-5,7-9,11,18,21-22,25H,6,10,12-13H2,1-3H3/t18?,21-,22?/m1/s1. The maximum absolute atomic E-state index is 11.9. The Labute approximate surface area is 176 Å². The summed E-state index contributed by atoms with van der Waals surface area (Å²) in [5.41, 5.74) is 4.18. The molecule has 1 aliphatic heterocycles. The van der Waals surface area contributed by atoms with Crippen LogP contribution < -0.4 is 4.74 Å². The molecule has 5 nitrogen and oxygen atoms in total. The molecule has 0 radical (unpaired) electrons. The highest BCUT2D eigenvalue weighted by atomic mass is 35.5. The molecule has 2 unspecified atom stereocenters. The normalized spacial score (nSPS) is 24.7. The largest absolute Gasteiger partial charge is 0.497 e. The first-order valence-electron chi connectivity index (χ1n) is 9.71. The monoisotopic (exact) mass is 418 g/mol. The van der Waals surface area contributed by atoms with Crippen molar-refractivity contribution in [1.29, 1.82) is 0 Å². The van der Waals surface area contributed by atoms with Crippen molar-refractivity contribution in [1.82, 2.24) is 0 Å². The Morgan fingerprint density at radius 2 is 2.10 bits per heavy atom. The van der Waals surface area contributed by atoms with Crippen molar-refractivity contribution in [3.63, 3.8) is 0 Å². The Balaban J connectivity index is 1.85. The van der Waals surface area contributed by atoms with Crippen molar-refractivity contribution in [3.8, 4) is 5.75 Å². The topological polar surface area (TPSA) is 65.0 Å². The van der Waals surface area contributed by atoms with E-state index in [0.29, 0.717) is 19.3 Å². The van der Waals surface area contributed by atoms with Crippen molar-refractivity contribution >= 4 is 17.6 Å². The van der Waals surface area contributed by atoms with E-state index in [2.05, 4.69) is 0 Å². The molecule has 1 aromatic carbocycles. The molecule has 3 atom stereocenters. The summed E-state index contributed by atoms with van der Waals surface area (Å²) < 4.78 is 16.0. The van der Waals surface area contributed by atoms with E-state index in [9.17, 15) is 9.90 Å². The molecule has 1 N–H and O–H groups in total. The summed E-state index contributed by atoms with van der Waals surface area (Å²) in [5.74, 6) is 0.359. The number of esters is 1. The first kappa shape index (κ1) is 21.6. The average molecular weight is 419 g/mol. The molecule has 0 spiro atoms. The molecule has 156 valence electrons. The van der Waals surface area contributed by atoms with Crippen molar-refractivity contribution in [3.05, 3.63) is 63.7 Å². The van der Waals surface area contributed by atoms with Crippen LogP contribution in [0.1, 0.15) is 30.4 Å². The van der Waals surface area contributed by atoms with E-state index < -0.39 is 24.3 Å². The van der Waals surface area contributed by atoms with Gasteiger partial charge < -0.3 is 19.3 Å². The van der Waals surface area contributed by atoms with Gasteiger partial charge in [-0.2, -0.15) is 0 Å². The Morgan fingerprint density at radius 3 is 2.79 bits per heavy atom. The first-order chi connectivity index (χ1) is 13.9. The summed E-state index contributed by atoms with van der Waals surface area (Å²) in [6, 6.07) is 5.99. The van der Waals surface area contributed by atoms with Crippen LogP contribution in [-0.4, -0.2) is 43.6 Å². The number of methoxy groups -OCH3 is 2. The number of benzene rings is 1. The molecular weight excluding hydrogens is 392 g/mol. The molecule has 1 fully saturated rings. The van der Waals surface area contributed by atoms with E-state index in [1.807, 2.05) is 43.4 Å². The number of rotatable bonds is 5. The van der Waals surface area contributed by atoms with Gasteiger partial charge in [0.15, 0.2) is 6.10 Å². The van der Waals surface area contributed by atoms with E-state index >= 15 is 0 Å². The number of aryl methyl sites for hydroxylation is 1. The van der Waals surface area contributed by atoms with Crippen LogP contribution in [0.15, 0.2) is 52.6 Å². The molecule has 29 heavy (non-hydrogen) atoms. The van der Waals surface area contributed by atoms with Crippen molar-refractivity contribution in [2.45, 2.75) is 50.9 Å². The maximum atomic E-state index is 11.9. The van der Waals surface area contributed by atoms with Crippen LogP contribution in [0.4, 0.5) is 0 Å². The summed E-state index contributed by atoms with van der Waals surface area (Å²) in [5, 5.41) is 11.0. The third-order valence-corrected chi connectivity index (χ3v) is 5.76. The molecule has 0 saturated carbocycles. The number of hydrogen-bond donors (Lipinski definition) is 1. The summed E-state index contributed by atoms with van der Waals surface area (Å²) in [7, 11) is 2.98. The second kappa shape index (κ2) is 9.61. The second-order valence-electron chi connectivity index (χ2n) is 7.41. The highest BCUT2D eigenvalue weighted by molar-refractivity contribution is 6.30. The lowest BCUT2D eigenvalue weighted by molar-refractivity contribution is -0.166. The number of carbonyl (C=O) groups excluding carboxylic acids is 1. The molecule has 1 heterocycles.